The quantitative estimate of drug-likeness (QED) is 0.681. The third-order valence-electron chi connectivity index (χ3n) is 4.62. The molecular formula is C23H21N3O3. The van der Waals surface area contributed by atoms with Crippen molar-refractivity contribution in [2.45, 2.75) is 12.5 Å². The van der Waals surface area contributed by atoms with Gasteiger partial charge in [0.2, 0.25) is 5.91 Å². The lowest BCUT2D eigenvalue weighted by Crippen LogP contribution is -2.39. The number of hydrogen-bond donors (Lipinski definition) is 2. The first kappa shape index (κ1) is 18.6. The van der Waals surface area contributed by atoms with Crippen LogP contribution in [0.15, 0.2) is 84.9 Å². The summed E-state index contributed by atoms with van der Waals surface area (Å²) in [6.07, 6.45) is 0.284. The van der Waals surface area contributed by atoms with E-state index in [0.717, 1.165) is 11.4 Å². The standard InChI is InChI=1S/C23H21N3O3/c27-22-15-18(16-26(22)19-7-3-1-4-8-19)25-23(28)24-17-11-13-21(14-12-17)29-20-9-5-2-6-10-20/h1-14,18H,15-16H2,(H2,24,25,28). The first-order chi connectivity index (χ1) is 14.2. The molecule has 4 rings (SSSR count). The maximum Gasteiger partial charge on any atom is 0.319 e. The van der Waals surface area contributed by atoms with E-state index in [1.54, 1.807) is 29.2 Å². The molecule has 1 aliphatic heterocycles. The Balaban J connectivity index is 1.30. The largest absolute Gasteiger partial charge is 0.457 e. The van der Waals surface area contributed by atoms with E-state index >= 15 is 0 Å². The Morgan fingerprint density at radius 2 is 1.48 bits per heavy atom. The molecule has 0 aliphatic carbocycles. The van der Waals surface area contributed by atoms with Crippen molar-refractivity contribution in [3.8, 4) is 11.5 Å². The van der Waals surface area contributed by atoms with Crippen LogP contribution >= 0.6 is 0 Å². The van der Waals surface area contributed by atoms with E-state index in [1.165, 1.54) is 0 Å². The van der Waals surface area contributed by atoms with Gasteiger partial charge in [0.1, 0.15) is 11.5 Å². The van der Waals surface area contributed by atoms with Crippen molar-refractivity contribution < 1.29 is 14.3 Å². The second-order valence-corrected chi connectivity index (χ2v) is 6.78. The minimum Gasteiger partial charge on any atom is -0.457 e. The minimum atomic E-state index is -0.338. The van der Waals surface area contributed by atoms with Gasteiger partial charge in [-0.15, -0.1) is 0 Å². The van der Waals surface area contributed by atoms with Crippen molar-refractivity contribution in [2.75, 3.05) is 16.8 Å². The summed E-state index contributed by atoms with van der Waals surface area (Å²) in [7, 11) is 0. The Bertz CT molecular complexity index is 975. The van der Waals surface area contributed by atoms with Crippen LogP contribution in [0.2, 0.25) is 0 Å². The van der Waals surface area contributed by atoms with Crippen LogP contribution in [0.1, 0.15) is 6.42 Å². The van der Waals surface area contributed by atoms with Crippen molar-refractivity contribution in [1.82, 2.24) is 5.32 Å². The first-order valence-corrected chi connectivity index (χ1v) is 9.43. The molecule has 1 aliphatic rings. The summed E-state index contributed by atoms with van der Waals surface area (Å²) in [5.41, 5.74) is 1.49. The summed E-state index contributed by atoms with van der Waals surface area (Å²) < 4.78 is 5.74. The fraction of sp³-hybridized carbons (Fsp3) is 0.130. The van der Waals surface area contributed by atoms with Gasteiger partial charge >= 0.3 is 6.03 Å². The molecule has 0 spiro atoms. The Morgan fingerprint density at radius 3 is 2.17 bits per heavy atom. The van der Waals surface area contributed by atoms with Gasteiger partial charge in [0, 0.05) is 24.3 Å². The Hall–Kier alpha value is -3.80. The number of carbonyl (C=O) groups is 2. The van der Waals surface area contributed by atoms with Gasteiger partial charge in [-0.25, -0.2) is 4.79 Å². The third-order valence-corrected chi connectivity index (χ3v) is 4.62. The average Bonchev–Trinajstić information content (AvgIpc) is 3.10. The van der Waals surface area contributed by atoms with Crippen molar-refractivity contribution >= 4 is 23.3 Å². The number of hydrogen-bond acceptors (Lipinski definition) is 3. The fourth-order valence-electron chi connectivity index (χ4n) is 3.25. The SMILES string of the molecule is O=C(Nc1ccc(Oc2ccccc2)cc1)NC1CC(=O)N(c2ccccc2)C1. The van der Waals surface area contributed by atoms with Crippen LogP contribution in [0.4, 0.5) is 16.2 Å². The lowest BCUT2D eigenvalue weighted by atomic mass is 10.2. The Kier molecular flexibility index (Phi) is 5.42. The number of carbonyl (C=O) groups excluding carboxylic acids is 2. The van der Waals surface area contributed by atoms with Gasteiger partial charge in [-0.05, 0) is 48.5 Å². The summed E-state index contributed by atoms with van der Waals surface area (Å²) in [5, 5.41) is 5.66. The smallest absolute Gasteiger partial charge is 0.319 e. The van der Waals surface area contributed by atoms with Crippen LogP contribution in [0.3, 0.4) is 0 Å². The molecule has 1 heterocycles. The molecule has 6 heteroatoms. The number of anilines is 2. The monoisotopic (exact) mass is 387 g/mol. The average molecular weight is 387 g/mol. The number of nitrogens with zero attached hydrogens (tertiary/aromatic N) is 1. The second-order valence-electron chi connectivity index (χ2n) is 6.78. The lowest BCUT2D eigenvalue weighted by Gasteiger charge is -2.17. The van der Waals surface area contributed by atoms with Gasteiger partial charge in [-0.2, -0.15) is 0 Å². The molecule has 1 fully saturated rings. The molecule has 1 atom stereocenters. The van der Waals surface area contributed by atoms with Crippen LogP contribution in [-0.2, 0) is 4.79 Å². The Labute approximate surface area is 169 Å². The molecule has 0 saturated carbocycles. The summed E-state index contributed by atoms with van der Waals surface area (Å²) in [4.78, 5) is 26.3. The van der Waals surface area contributed by atoms with E-state index in [-0.39, 0.29) is 24.4 Å². The molecule has 0 radical (unpaired) electrons. The highest BCUT2D eigenvalue weighted by Gasteiger charge is 2.31. The van der Waals surface area contributed by atoms with E-state index in [2.05, 4.69) is 10.6 Å². The second kappa shape index (κ2) is 8.48. The van der Waals surface area contributed by atoms with E-state index in [4.69, 9.17) is 4.74 Å². The molecule has 29 heavy (non-hydrogen) atoms. The van der Waals surface area contributed by atoms with Gasteiger partial charge in [0.25, 0.3) is 0 Å². The van der Waals surface area contributed by atoms with E-state index in [9.17, 15) is 9.59 Å². The molecule has 0 bridgehead atoms. The number of para-hydroxylation sites is 2. The molecule has 6 nitrogen and oxygen atoms in total. The number of benzene rings is 3. The van der Waals surface area contributed by atoms with Crippen molar-refractivity contribution in [2.24, 2.45) is 0 Å². The molecule has 1 unspecified atom stereocenters. The summed E-state index contributed by atoms with van der Waals surface area (Å²) >= 11 is 0. The first-order valence-electron chi connectivity index (χ1n) is 9.43. The normalized spacial score (nSPS) is 15.8. The van der Waals surface area contributed by atoms with Crippen molar-refractivity contribution in [3.05, 3.63) is 84.9 Å². The zero-order valence-corrected chi connectivity index (χ0v) is 15.7. The van der Waals surface area contributed by atoms with Gasteiger partial charge in [0.05, 0.1) is 6.04 Å². The van der Waals surface area contributed by atoms with E-state index in [0.29, 0.717) is 18.0 Å². The molecule has 146 valence electrons. The maximum absolute atomic E-state index is 12.3. The van der Waals surface area contributed by atoms with Crippen LogP contribution in [0.25, 0.3) is 0 Å². The van der Waals surface area contributed by atoms with Crippen LogP contribution in [0, 0.1) is 0 Å². The van der Waals surface area contributed by atoms with Gasteiger partial charge < -0.3 is 20.3 Å². The predicted molar refractivity (Wildman–Crippen MR) is 112 cm³/mol. The fourth-order valence-corrected chi connectivity index (χ4v) is 3.25. The number of urea groups is 1. The van der Waals surface area contributed by atoms with Crippen LogP contribution in [0.5, 0.6) is 11.5 Å². The van der Waals surface area contributed by atoms with Crippen LogP contribution < -0.4 is 20.3 Å². The molecule has 3 aromatic carbocycles. The molecule has 2 N–H and O–H groups in total. The Morgan fingerprint density at radius 1 is 0.862 bits per heavy atom. The summed E-state index contributed by atoms with van der Waals surface area (Å²) in [6, 6.07) is 25.5. The molecule has 3 amide bonds. The zero-order valence-electron chi connectivity index (χ0n) is 15.7. The predicted octanol–water partition coefficient (Wildman–Crippen LogP) is 4.41. The highest BCUT2D eigenvalue weighted by Crippen LogP contribution is 2.23. The molecular weight excluding hydrogens is 366 g/mol. The highest BCUT2D eigenvalue weighted by molar-refractivity contribution is 5.97. The molecule has 3 aromatic rings. The van der Waals surface area contributed by atoms with Crippen molar-refractivity contribution in [1.29, 1.82) is 0 Å². The summed E-state index contributed by atoms with van der Waals surface area (Å²) in [6.45, 7) is 0.458. The van der Waals surface area contributed by atoms with Gasteiger partial charge in [-0.3, -0.25) is 4.79 Å². The highest BCUT2D eigenvalue weighted by atomic mass is 16.5. The lowest BCUT2D eigenvalue weighted by molar-refractivity contribution is -0.117. The van der Waals surface area contributed by atoms with Gasteiger partial charge in [-0.1, -0.05) is 36.4 Å². The number of amides is 3. The third kappa shape index (κ3) is 4.73. The zero-order chi connectivity index (χ0) is 20.1. The van der Waals surface area contributed by atoms with Gasteiger partial charge in [0.15, 0.2) is 0 Å². The number of nitrogens with one attached hydrogen (secondary N) is 2. The molecule has 1 saturated heterocycles. The van der Waals surface area contributed by atoms with Crippen LogP contribution in [-0.4, -0.2) is 24.5 Å². The summed E-state index contributed by atoms with van der Waals surface area (Å²) in [5.74, 6) is 1.44. The minimum absolute atomic E-state index is 0.00362. The number of rotatable bonds is 5. The van der Waals surface area contributed by atoms with E-state index in [1.807, 2.05) is 60.7 Å². The van der Waals surface area contributed by atoms with E-state index < -0.39 is 0 Å². The maximum atomic E-state index is 12.3. The van der Waals surface area contributed by atoms with Crippen molar-refractivity contribution in [3.63, 3.8) is 0 Å². The topological polar surface area (TPSA) is 70.7 Å². The molecule has 0 aromatic heterocycles. The number of ether oxygens (including phenoxy) is 1.